The van der Waals surface area contributed by atoms with E-state index in [0.717, 1.165) is 31.2 Å². The molecule has 4 rings (SSSR count). The van der Waals surface area contributed by atoms with Crippen molar-refractivity contribution >= 4 is 27.3 Å². The molecule has 1 saturated heterocycles. The van der Waals surface area contributed by atoms with Gasteiger partial charge in [0.1, 0.15) is 0 Å². The molecule has 0 atom stereocenters. The monoisotopic (exact) mass is 446 g/mol. The van der Waals surface area contributed by atoms with Crippen LogP contribution in [0.5, 0.6) is 0 Å². The summed E-state index contributed by atoms with van der Waals surface area (Å²) >= 11 is 5.90. The van der Waals surface area contributed by atoms with E-state index in [-0.39, 0.29) is 6.54 Å². The minimum Gasteiger partial charge on any atom is -0.376 e. The van der Waals surface area contributed by atoms with E-state index in [1.54, 1.807) is 34.6 Å². The summed E-state index contributed by atoms with van der Waals surface area (Å²) in [5.41, 5.74) is 1.48. The van der Waals surface area contributed by atoms with Crippen molar-refractivity contribution in [2.75, 3.05) is 18.4 Å². The lowest BCUT2D eigenvalue weighted by Gasteiger charge is -2.20. The second-order valence-electron chi connectivity index (χ2n) is 7.22. The number of nitrogens with one attached hydrogen (secondary N) is 1. The molecule has 1 fully saturated rings. The average Bonchev–Trinajstić information content (AvgIpc) is 3.05. The molecule has 0 spiro atoms. The van der Waals surface area contributed by atoms with Gasteiger partial charge in [-0.05, 0) is 55.3 Å². The number of halogens is 1. The van der Waals surface area contributed by atoms with E-state index in [1.165, 1.54) is 0 Å². The van der Waals surface area contributed by atoms with E-state index >= 15 is 0 Å². The van der Waals surface area contributed by atoms with E-state index in [4.69, 9.17) is 16.1 Å². The Morgan fingerprint density at radius 1 is 1.03 bits per heavy atom. The molecule has 7 nitrogen and oxygen atoms in total. The highest BCUT2D eigenvalue weighted by molar-refractivity contribution is 7.89. The molecule has 0 bridgehead atoms. The van der Waals surface area contributed by atoms with Gasteiger partial charge in [-0.3, -0.25) is 0 Å². The summed E-state index contributed by atoms with van der Waals surface area (Å²) in [6, 6.07) is 14.0. The lowest BCUT2D eigenvalue weighted by Crippen LogP contribution is -2.31. The van der Waals surface area contributed by atoms with Crippen LogP contribution in [0.1, 0.15) is 31.6 Å². The Morgan fingerprint density at radius 3 is 2.50 bits per heavy atom. The molecule has 0 saturated carbocycles. The van der Waals surface area contributed by atoms with Crippen molar-refractivity contribution < 1.29 is 12.9 Å². The van der Waals surface area contributed by atoms with Crippen LogP contribution in [0.15, 0.2) is 57.9 Å². The lowest BCUT2D eigenvalue weighted by molar-refractivity contribution is 0.384. The third kappa shape index (κ3) is 4.83. The van der Waals surface area contributed by atoms with Crippen LogP contribution in [0.4, 0.5) is 5.69 Å². The Kier molecular flexibility index (Phi) is 6.36. The van der Waals surface area contributed by atoms with E-state index in [1.807, 2.05) is 18.2 Å². The minimum atomic E-state index is -3.50. The zero-order valence-corrected chi connectivity index (χ0v) is 18.0. The first kappa shape index (κ1) is 20.8. The topological polar surface area (TPSA) is 88.3 Å². The number of benzene rings is 2. The quantitative estimate of drug-likeness (QED) is 0.596. The number of aromatic nitrogens is 2. The summed E-state index contributed by atoms with van der Waals surface area (Å²) < 4.78 is 32.9. The molecule has 1 aliphatic heterocycles. The number of hydrogen-bond acceptors (Lipinski definition) is 6. The molecule has 0 unspecified atom stereocenters. The van der Waals surface area contributed by atoms with E-state index < -0.39 is 10.0 Å². The Labute approximate surface area is 181 Å². The van der Waals surface area contributed by atoms with Crippen molar-refractivity contribution in [2.45, 2.75) is 37.1 Å². The van der Waals surface area contributed by atoms with Gasteiger partial charge in [-0.25, -0.2) is 8.42 Å². The molecule has 0 radical (unpaired) electrons. The summed E-state index contributed by atoms with van der Waals surface area (Å²) in [7, 11) is -3.50. The van der Waals surface area contributed by atoms with Gasteiger partial charge in [0.05, 0.1) is 11.4 Å². The van der Waals surface area contributed by atoms with Gasteiger partial charge in [0.15, 0.2) is 0 Å². The second-order valence-corrected chi connectivity index (χ2v) is 9.59. The van der Waals surface area contributed by atoms with Crippen LogP contribution in [0, 0.1) is 0 Å². The van der Waals surface area contributed by atoms with E-state index in [0.29, 0.717) is 40.4 Å². The number of sulfonamides is 1. The molecule has 1 aromatic heterocycles. The summed E-state index contributed by atoms with van der Waals surface area (Å²) in [4.78, 5) is 4.66. The largest absolute Gasteiger partial charge is 0.376 e. The van der Waals surface area contributed by atoms with Gasteiger partial charge in [-0.1, -0.05) is 35.7 Å². The summed E-state index contributed by atoms with van der Waals surface area (Å²) in [6.07, 6.45) is 3.97. The van der Waals surface area contributed by atoms with Gasteiger partial charge < -0.3 is 9.84 Å². The molecule has 158 valence electrons. The van der Waals surface area contributed by atoms with Crippen LogP contribution >= 0.6 is 11.6 Å². The van der Waals surface area contributed by atoms with Gasteiger partial charge in [-0.2, -0.15) is 9.29 Å². The highest BCUT2D eigenvalue weighted by Crippen LogP contribution is 2.23. The van der Waals surface area contributed by atoms with Crippen molar-refractivity contribution in [2.24, 2.45) is 0 Å². The molecule has 9 heteroatoms. The molecule has 0 aliphatic carbocycles. The fourth-order valence-corrected chi connectivity index (χ4v) is 5.11. The zero-order chi connectivity index (χ0) is 21.0. The molecule has 3 aromatic rings. The van der Waals surface area contributed by atoms with Gasteiger partial charge >= 0.3 is 0 Å². The summed E-state index contributed by atoms with van der Waals surface area (Å²) in [6.45, 7) is 1.44. The van der Waals surface area contributed by atoms with Gasteiger partial charge in [0.2, 0.25) is 21.7 Å². The lowest BCUT2D eigenvalue weighted by atomic mass is 10.2. The highest BCUT2D eigenvalue weighted by Gasteiger charge is 2.25. The predicted octanol–water partition coefficient (Wildman–Crippen LogP) is 4.57. The fraction of sp³-hybridized carbons (Fsp3) is 0.333. The Morgan fingerprint density at radius 2 is 1.77 bits per heavy atom. The molecule has 0 amide bonds. The third-order valence-electron chi connectivity index (χ3n) is 5.05. The van der Waals surface area contributed by atoms with Crippen molar-refractivity contribution in [1.29, 1.82) is 0 Å². The van der Waals surface area contributed by atoms with Crippen LogP contribution in [-0.4, -0.2) is 36.0 Å². The number of anilines is 1. The summed E-state index contributed by atoms with van der Waals surface area (Å²) in [5.74, 6) is 0.877. The molecule has 1 N–H and O–H groups in total. The first-order valence-corrected chi connectivity index (χ1v) is 11.8. The first-order chi connectivity index (χ1) is 14.5. The first-order valence-electron chi connectivity index (χ1n) is 9.95. The highest BCUT2D eigenvalue weighted by atomic mass is 35.5. The van der Waals surface area contributed by atoms with Gasteiger partial charge in [0.25, 0.3) is 0 Å². The van der Waals surface area contributed by atoms with Crippen LogP contribution in [0.25, 0.3) is 11.4 Å². The maximum absolute atomic E-state index is 13.0. The van der Waals surface area contributed by atoms with Crippen molar-refractivity contribution in [3.05, 3.63) is 59.4 Å². The van der Waals surface area contributed by atoms with E-state index in [9.17, 15) is 8.42 Å². The second kappa shape index (κ2) is 9.16. The van der Waals surface area contributed by atoms with Crippen molar-refractivity contribution in [1.82, 2.24) is 14.4 Å². The number of rotatable bonds is 6. The predicted molar refractivity (Wildman–Crippen MR) is 116 cm³/mol. The zero-order valence-electron chi connectivity index (χ0n) is 16.4. The minimum absolute atomic E-state index is 0.286. The van der Waals surface area contributed by atoms with Gasteiger partial charge in [-0.15, -0.1) is 0 Å². The van der Waals surface area contributed by atoms with Crippen molar-refractivity contribution in [3.63, 3.8) is 0 Å². The SMILES string of the molecule is O=S(=O)(c1cccc(NCc2nc(-c3ccc(Cl)cc3)no2)c1)N1CCCCCC1. The third-order valence-corrected chi connectivity index (χ3v) is 7.20. The standard InChI is InChI=1S/C21H23ClN4O3S/c22-17-10-8-16(9-11-17)21-24-20(29-25-21)15-23-18-6-5-7-19(14-18)30(27,28)26-12-3-1-2-4-13-26/h5-11,14,23H,1-4,12-13,15H2. The molecular formula is C21H23ClN4O3S. The maximum atomic E-state index is 13.0. The van der Waals surface area contributed by atoms with Gasteiger partial charge in [0, 0.05) is 29.4 Å². The van der Waals surface area contributed by atoms with Crippen LogP contribution in [0.2, 0.25) is 5.02 Å². The summed E-state index contributed by atoms with van der Waals surface area (Å²) in [5, 5.41) is 7.78. The fourth-order valence-electron chi connectivity index (χ4n) is 3.42. The van der Waals surface area contributed by atoms with Crippen molar-refractivity contribution in [3.8, 4) is 11.4 Å². The number of nitrogens with zero attached hydrogens (tertiary/aromatic N) is 3. The molecule has 2 heterocycles. The average molecular weight is 447 g/mol. The molecule has 30 heavy (non-hydrogen) atoms. The molecule has 2 aromatic carbocycles. The molecule has 1 aliphatic rings. The Bertz CT molecular complexity index is 1090. The number of hydrogen-bond donors (Lipinski definition) is 1. The van der Waals surface area contributed by atoms with Crippen LogP contribution in [-0.2, 0) is 16.6 Å². The van der Waals surface area contributed by atoms with Crippen LogP contribution < -0.4 is 5.32 Å². The Hall–Kier alpha value is -2.42. The van der Waals surface area contributed by atoms with Crippen LogP contribution in [0.3, 0.4) is 0 Å². The van der Waals surface area contributed by atoms with E-state index in [2.05, 4.69) is 15.5 Å². The maximum Gasteiger partial charge on any atom is 0.246 e. The normalized spacial score (nSPS) is 15.6. The smallest absolute Gasteiger partial charge is 0.246 e. The molecular weight excluding hydrogens is 424 g/mol. The Balaban J connectivity index is 1.44.